The van der Waals surface area contributed by atoms with Crippen LogP contribution in [0.3, 0.4) is 0 Å². The highest BCUT2D eigenvalue weighted by Gasteiger charge is 2.45. The minimum atomic E-state index is 0.00542. The maximum Gasteiger partial charge on any atom is 0.228 e. The van der Waals surface area contributed by atoms with Crippen LogP contribution >= 0.6 is 0 Å². The van der Waals surface area contributed by atoms with Crippen LogP contribution < -0.4 is 5.73 Å². The number of allylic oxidation sites excluding steroid dienone is 2. The van der Waals surface area contributed by atoms with Crippen molar-refractivity contribution in [2.75, 3.05) is 26.2 Å². The Hall–Kier alpha value is -1.13. The van der Waals surface area contributed by atoms with Gasteiger partial charge >= 0.3 is 0 Å². The second-order valence-electron chi connectivity index (χ2n) is 6.93. The molecule has 0 radical (unpaired) electrons. The molecule has 2 N–H and O–H groups in total. The van der Waals surface area contributed by atoms with E-state index < -0.39 is 0 Å². The zero-order chi connectivity index (χ0) is 13.7. The number of nitrogens with two attached hydrogens (primary N) is 1. The van der Waals surface area contributed by atoms with Crippen molar-refractivity contribution in [3.8, 4) is 0 Å². The number of carbonyl (C=O) groups is 1. The fraction of sp³-hybridized carbons (Fsp3) is 0.688. The molecular formula is C16H23N3O. The van der Waals surface area contributed by atoms with Crippen LogP contribution in [0.5, 0.6) is 0 Å². The molecule has 108 valence electrons. The SMILES string of the molecule is NC1CC(=O)N(C2=CCC(CN3CC4CC4C3)C=C2)C1. The lowest BCUT2D eigenvalue weighted by Gasteiger charge is -2.26. The molecule has 20 heavy (non-hydrogen) atoms. The van der Waals surface area contributed by atoms with Crippen molar-refractivity contribution in [2.45, 2.75) is 25.3 Å². The quantitative estimate of drug-likeness (QED) is 0.833. The van der Waals surface area contributed by atoms with Crippen LogP contribution in [0, 0.1) is 17.8 Å². The van der Waals surface area contributed by atoms with Gasteiger partial charge in [0.25, 0.3) is 0 Å². The largest absolute Gasteiger partial charge is 0.326 e. The molecule has 0 bridgehead atoms. The normalized spacial score (nSPS) is 40.1. The van der Waals surface area contributed by atoms with Gasteiger partial charge in [-0.1, -0.05) is 12.2 Å². The highest BCUT2D eigenvalue weighted by Crippen LogP contribution is 2.45. The highest BCUT2D eigenvalue weighted by atomic mass is 16.2. The van der Waals surface area contributed by atoms with E-state index >= 15 is 0 Å². The summed E-state index contributed by atoms with van der Waals surface area (Å²) in [6.45, 7) is 4.48. The molecule has 3 fully saturated rings. The summed E-state index contributed by atoms with van der Waals surface area (Å²) in [7, 11) is 0. The summed E-state index contributed by atoms with van der Waals surface area (Å²) in [6, 6.07) is 0.00542. The molecule has 2 heterocycles. The third kappa shape index (κ3) is 2.31. The predicted octanol–water partition coefficient (Wildman–Crippen LogP) is 0.958. The highest BCUT2D eigenvalue weighted by molar-refractivity contribution is 5.81. The van der Waals surface area contributed by atoms with Gasteiger partial charge in [-0.05, 0) is 36.7 Å². The number of piperidine rings is 1. The van der Waals surface area contributed by atoms with Crippen molar-refractivity contribution in [3.63, 3.8) is 0 Å². The standard InChI is InChI=1S/C16H23N3O/c17-14-6-16(20)19(10-14)15-3-1-11(2-4-15)7-18-8-12-5-13(12)9-18/h1,3-4,11-14H,2,5-10,17H2. The van der Waals surface area contributed by atoms with Crippen molar-refractivity contribution in [1.29, 1.82) is 0 Å². The Morgan fingerprint density at radius 2 is 2.05 bits per heavy atom. The lowest BCUT2D eigenvalue weighted by Crippen LogP contribution is -2.30. The van der Waals surface area contributed by atoms with Gasteiger partial charge in [0.15, 0.2) is 0 Å². The van der Waals surface area contributed by atoms with Gasteiger partial charge in [0.05, 0.1) is 0 Å². The summed E-state index contributed by atoms with van der Waals surface area (Å²) in [5.41, 5.74) is 6.91. The number of amides is 1. The number of nitrogens with zero attached hydrogens (tertiary/aromatic N) is 2. The van der Waals surface area contributed by atoms with E-state index in [2.05, 4.69) is 23.1 Å². The first-order valence-corrected chi connectivity index (χ1v) is 7.85. The lowest BCUT2D eigenvalue weighted by atomic mass is 9.98. The van der Waals surface area contributed by atoms with Crippen LogP contribution in [0.25, 0.3) is 0 Å². The van der Waals surface area contributed by atoms with Crippen molar-refractivity contribution in [3.05, 3.63) is 23.9 Å². The summed E-state index contributed by atoms with van der Waals surface area (Å²) in [4.78, 5) is 16.3. The maximum absolute atomic E-state index is 11.8. The first-order chi connectivity index (χ1) is 9.69. The van der Waals surface area contributed by atoms with Crippen LogP contribution in [0.2, 0.25) is 0 Å². The van der Waals surface area contributed by atoms with Gasteiger partial charge in [0.2, 0.25) is 5.91 Å². The molecule has 2 aliphatic carbocycles. The first kappa shape index (κ1) is 12.6. The molecule has 1 amide bonds. The molecule has 4 heteroatoms. The van der Waals surface area contributed by atoms with Crippen molar-refractivity contribution >= 4 is 5.91 Å². The summed E-state index contributed by atoms with van der Waals surface area (Å²) >= 11 is 0. The molecule has 4 aliphatic rings. The topological polar surface area (TPSA) is 49.6 Å². The second kappa shape index (κ2) is 4.71. The predicted molar refractivity (Wildman–Crippen MR) is 77.7 cm³/mol. The van der Waals surface area contributed by atoms with E-state index in [9.17, 15) is 4.79 Å². The van der Waals surface area contributed by atoms with E-state index in [0.717, 1.165) is 24.0 Å². The Balaban J connectivity index is 1.32. The zero-order valence-electron chi connectivity index (χ0n) is 11.9. The Kier molecular flexibility index (Phi) is 2.97. The number of hydrogen-bond donors (Lipinski definition) is 1. The lowest BCUT2D eigenvalue weighted by molar-refractivity contribution is -0.125. The smallest absolute Gasteiger partial charge is 0.228 e. The average Bonchev–Trinajstić information content (AvgIpc) is 2.88. The van der Waals surface area contributed by atoms with Gasteiger partial charge in [0.1, 0.15) is 0 Å². The summed E-state index contributed by atoms with van der Waals surface area (Å²) < 4.78 is 0. The van der Waals surface area contributed by atoms with Gasteiger partial charge in [-0.3, -0.25) is 4.79 Å². The Morgan fingerprint density at radius 3 is 2.65 bits per heavy atom. The number of fused-ring (bicyclic) bond motifs is 1. The molecular weight excluding hydrogens is 250 g/mol. The van der Waals surface area contributed by atoms with Crippen LogP contribution in [0.1, 0.15) is 19.3 Å². The van der Waals surface area contributed by atoms with Crippen LogP contribution in [-0.2, 0) is 4.79 Å². The minimum absolute atomic E-state index is 0.00542. The maximum atomic E-state index is 11.8. The number of carbonyl (C=O) groups excluding carboxylic acids is 1. The van der Waals surface area contributed by atoms with Gasteiger partial charge in [-0.25, -0.2) is 0 Å². The minimum Gasteiger partial charge on any atom is -0.326 e. The molecule has 4 nitrogen and oxygen atoms in total. The monoisotopic (exact) mass is 273 g/mol. The number of rotatable bonds is 3. The molecule has 0 aromatic carbocycles. The number of likely N-dealkylation sites (tertiary alicyclic amines) is 2. The van der Waals surface area contributed by atoms with E-state index in [4.69, 9.17) is 5.73 Å². The molecule has 4 atom stereocenters. The molecule has 0 aromatic rings. The van der Waals surface area contributed by atoms with E-state index in [1.165, 1.54) is 26.1 Å². The molecule has 0 spiro atoms. The van der Waals surface area contributed by atoms with Crippen LogP contribution in [0.4, 0.5) is 0 Å². The van der Waals surface area contributed by atoms with Gasteiger partial charge in [-0.15, -0.1) is 0 Å². The Bertz CT molecular complexity index is 474. The Labute approximate surface area is 120 Å². The van der Waals surface area contributed by atoms with Gasteiger partial charge in [-0.2, -0.15) is 0 Å². The van der Waals surface area contributed by atoms with E-state index in [-0.39, 0.29) is 11.9 Å². The fourth-order valence-electron chi connectivity index (χ4n) is 3.95. The van der Waals surface area contributed by atoms with E-state index in [1.54, 1.807) is 0 Å². The Morgan fingerprint density at radius 1 is 1.25 bits per heavy atom. The summed E-state index contributed by atoms with van der Waals surface area (Å²) in [5.74, 6) is 2.81. The molecule has 1 saturated carbocycles. The van der Waals surface area contributed by atoms with Crippen LogP contribution in [-0.4, -0.2) is 47.9 Å². The summed E-state index contributed by atoms with van der Waals surface area (Å²) in [5, 5.41) is 0. The van der Waals surface area contributed by atoms with Gasteiger partial charge in [0, 0.05) is 44.3 Å². The second-order valence-corrected chi connectivity index (χ2v) is 6.93. The average molecular weight is 273 g/mol. The van der Waals surface area contributed by atoms with E-state index in [1.807, 2.05) is 4.90 Å². The first-order valence-electron chi connectivity index (χ1n) is 7.85. The zero-order valence-corrected chi connectivity index (χ0v) is 11.9. The molecule has 2 saturated heterocycles. The summed E-state index contributed by atoms with van der Waals surface area (Å²) in [6.07, 6.45) is 9.65. The number of hydrogen-bond acceptors (Lipinski definition) is 3. The fourth-order valence-corrected chi connectivity index (χ4v) is 3.95. The third-order valence-electron chi connectivity index (χ3n) is 5.18. The third-order valence-corrected chi connectivity index (χ3v) is 5.18. The van der Waals surface area contributed by atoms with Crippen molar-refractivity contribution in [1.82, 2.24) is 9.80 Å². The van der Waals surface area contributed by atoms with Crippen LogP contribution in [0.15, 0.2) is 23.9 Å². The molecule has 2 aliphatic heterocycles. The van der Waals surface area contributed by atoms with Crippen molar-refractivity contribution in [2.24, 2.45) is 23.5 Å². The van der Waals surface area contributed by atoms with E-state index in [0.29, 0.717) is 18.9 Å². The molecule has 4 unspecified atom stereocenters. The molecule has 0 aromatic heterocycles. The molecule has 4 rings (SSSR count). The van der Waals surface area contributed by atoms with Crippen molar-refractivity contribution < 1.29 is 4.79 Å². The van der Waals surface area contributed by atoms with Gasteiger partial charge < -0.3 is 15.5 Å².